The van der Waals surface area contributed by atoms with E-state index in [9.17, 15) is 26.0 Å². The van der Waals surface area contributed by atoms with Crippen LogP contribution in [0.4, 0.5) is 0 Å². The van der Waals surface area contributed by atoms with Gasteiger partial charge in [0.25, 0.3) is 0 Å². The summed E-state index contributed by atoms with van der Waals surface area (Å²) in [6, 6.07) is -43.6. The largest absolute Gasteiger partial charge is 0.456 e. The van der Waals surface area contributed by atoms with Crippen LogP contribution in [0, 0.1) is 0 Å². The summed E-state index contributed by atoms with van der Waals surface area (Å²) in [5.41, 5.74) is -10.3. The average Bonchev–Trinajstić information content (AvgIpc) is 1.22. The maximum absolute atomic E-state index is 10.0. The van der Waals surface area contributed by atoms with Crippen LogP contribution in [-0.2, 0) is 0 Å². The van der Waals surface area contributed by atoms with Crippen LogP contribution in [0.25, 0.3) is 175 Å². The number of furan rings is 1. The van der Waals surface area contributed by atoms with Gasteiger partial charge in [-0.25, -0.2) is 0 Å². The zero-order valence-corrected chi connectivity index (χ0v) is 41.4. The summed E-state index contributed by atoms with van der Waals surface area (Å²) in [6.07, 6.45) is 0. The summed E-state index contributed by atoms with van der Waals surface area (Å²) >= 11 is 0. The molecule has 0 radical (unpaired) electrons. The molecule has 0 saturated carbocycles. The topological polar surface area (TPSA) is 13.1 Å². The Morgan fingerprint density at radius 3 is 1.07 bits per heavy atom. The average molecular weight is 1100 g/mol. The van der Waals surface area contributed by atoms with Crippen molar-refractivity contribution in [1.82, 2.24) is 0 Å². The number of para-hydroxylation sites is 1. The lowest BCUT2D eigenvalue weighted by atomic mass is 9.85. The van der Waals surface area contributed by atoms with Crippen molar-refractivity contribution in [2.45, 2.75) is 0 Å². The molecule has 0 N–H and O–H groups in total. The molecule has 0 aliphatic carbocycles. The molecule has 83 heavy (non-hydrogen) atoms. The number of fused-ring (bicyclic) bond motifs is 5. The van der Waals surface area contributed by atoms with Gasteiger partial charge < -0.3 is 4.42 Å². The molecule has 0 fully saturated rings. The summed E-state index contributed by atoms with van der Waals surface area (Å²) in [4.78, 5) is 0. The number of benzene rings is 17. The second-order valence-electron chi connectivity index (χ2n) is 18.3. The lowest BCUT2D eigenvalue weighted by Gasteiger charge is -2.18. The quantitative estimate of drug-likeness (QED) is 0.119. The van der Waals surface area contributed by atoms with E-state index in [2.05, 4.69) is 0 Å². The molecule has 1 nitrogen and oxygen atoms in total. The summed E-state index contributed by atoms with van der Waals surface area (Å²) in [5.74, 6) is 0. The smallest absolute Gasteiger partial charge is 0.135 e. The van der Waals surface area contributed by atoms with Crippen LogP contribution in [0.2, 0.25) is 0 Å². The van der Waals surface area contributed by atoms with Crippen molar-refractivity contribution < 1.29 is 73.0 Å². The Morgan fingerprint density at radius 2 is 0.554 bits per heavy atom. The maximum Gasteiger partial charge on any atom is 0.135 e. The second kappa shape index (κ2) is 18.9. The van der Waals surface area contributed by atoms with E-state index in [0.717, 1.165) is 0 Å². The molecule has 0 aliphatic heterocycles. The molecule has 0 unspecified atom stereocenters. The van der Waals surface area contributed by atoms with E-state index in [1.165, 1.54) is 0 Å². The highest BCUT2D eigenvalue weighted by Crippen LogP contribution is 2.47. The van der Waals surface area contributed by atoms with Crippen molar-refractivity contribution in [1.29, 1.82) is 0 Å². The zero-order chi connectivity index (χ0) is 98.0. The van der Waals surface area contributed by atoms with Crippen LogP contribution >= 0.6 is 0 Å². The predicted molar refractivity (Wildman–Crippen MR) is 355 cm³/mol. The first-order valence-corrected chi connectivity index (χ1v) is 24.7. The van der Waals surface area contributed by atoms with Crippen LogP contribution in [-0.4, -0.2) is 0 Å². The van der Waals surface area contributed by atoms with E-state index >= 15 is 0 Å². The zero-order valence-electron chi connectivity index (χ0n) is 91.4. The van der Waals surface area contributed by atoms with Gasteiger partial charge >= 0.3 is 0 Å². The van der Waals surface area contributed by atoms with Gasteiger partial charge in [0.05, 0.1) is 68.5 Å². The van der Waals surface area contributed by atoms with Gasteiger partial charge in [0.15, 0.2) is 0 Å². The Hall–Kier alpha value is -10.9. The first kappa shape index (κ1) is 19.1. The maximum atomic E-state index is 10.0. The summed E-state index contributed by atoms with van der Waals surface area (Å²) in [7, 11) is 0. The van der Waals surface area contributed by atoms with Gasteiger partial charge in [0.1, 0.15) is 11.2 Å². The van der Waals surface area contributed by atoms with Gasteiger partial charge in [0, 0.05) is 10.8 Å². The number of rotatable bonds is 6. The minimum Gasteiger partial charge on any atom is -0.456 e. The van der Waals surface area contributed by atoms with Crippen molar-refractivity contribution in [2.75, 3.05) is 0 Å². The van der Waals surface area contributed by atoms with Crippen LogP contribution < -0.4 is 0 Å². The third-order valence-corrected chi connectivity index (χ3v) is 13.8. The molecule has 0 saturated heterocycles. The highest BCUT2D eigenvalue weighted by atomic mass is 16.3. The van der Waals surface area contributed by atoms with E-state index in [0.29, 0.717) is 0 Å². The molecule has 18 aromatic rings. The summed E-state index contributed by atoms with van der Waals surface area (Å²) in [5, 5.41) is -8.78. The highest BCUT2D eigenvalue weighted by Gasteiger charge is 2.20. The Balaban J connectivity index is 0.000000187. The van der Waals surface area contributed by atoms with Gasteiger partial charge in [-0.15, -0.1) is 0 Å². The Bertz CT molecular complexity index is 8220. The molecule has 17 aromatic carbocycles. The molecular weight excluding hydrogens is 1000 g/mol. The minimum absolute atomic E-state index is 0.312. The van der Waals surface area contributed by atoms with E-state index in [4.69, 9.17) is 46.9 Å². The van der Waals surface area contributed by atoms with Gasteiger partial charge in [-0.2, -0.15) is 0 Å². The summed E-state index contributed by atoms with van der Waals surface area (Å²) < 4.78 is 453. The third kappa shape index (κ3) is 7.63. The van der Waals surface area contributed by atoms with Crippen LogP contribution in [0.5, 0.6) is 0 Å². The SMILES string of the molecule is [2H]c1c([2H])c([2H])c(-c2c([2H])c(-c3c([2H])c([2H])c4c([2H])c([2H])c5c([2H])c([2H])c([2H])c6c([2H])c([2H])c3c4c56)c([2H])c(-c3c([2H])c([2H])c4c([2H])c([2H])c5c([2H])c([2H])c([2H])c6c([2H])c([2H])c3c4c56)c2[2H])c([2H])c1[2H].[2H]c1c([2H])c([2H])c(-c2c([2H])c([2H])c(-c3c4c([2H])c([2H])c([2H])c([2H])c4c(-c4c([2H])c([2H])c5oc6c([2H])c([2H])c([2H])c([2H])c6c5c4[2H])c4c([2H])c([2H])c([2H])c([2H])c34)c([2H])c2[2H])c([2H])c1[2H]. The first-order valence-electron chi connectivity index (χ1n) is 49.7. The molecule has 1 aromatic heterocycles. The molecular formula is C82H50O. The normalized spacial score (nSPS) is 20.3. The predicted octanol–water partition coefficient (Wildman–Crippen LogP) is 23.4. The molecule has 18 rings (SSSR count). The Labute approximate surface area is 550 Å². The summed E-state index contributed by atoms with van der Waals surface area (Å²) in [6.45, 7) is 0. The number of hydrogen-bond donors (Lipinski definition) is 0. The number of hydrogen-bond acceptors (Lipinski definition) is 1. The second-order valence-corrected chi connectivity index (χ2v) is 18.3. The molecule has 0 aliphatic rings. The Kier molecular flexibility index (Phi) is 4.35. The van der Waals surface area contributed by atoms with Crippen molar-refractivity contribution >= 4 is 108 Å². The fourth-order valence-electron chi connectivity index (χ4n) is 10.2. The van der Waals surface area contributed by atoms with Crippen molar-refractivity contribution in [3.05, 3.63) is 302 Å². The fourth-order valence-corrected chi connectivity index (χ4v) is 10.2. The van der Waals surface area contributed by atoms with Crippen molar-refractivity contribution in [2.24, 2.45) is 0 Å². The lowest BCUT2D eigenvalue weighted by Crippen LogP contribution is -1.91. The van der Waals surface area contributed by atoms with Gasteiger partial charge in [0.2, 0.25) is 0 Å². The van der Waals surface area contributed by atoms with Crippen LogP contribution in [0.1, 0.15) is 68.5 Å². The van der Waals surface area contributed by atoms with Crippen molar-refractivity contribution in [3.63, 3.8) is 0 Å². The van der Waals surface area contributed by atoms with Crippen molar-refractivity contribution in [3.8, 4) is 66.8 Å². The molecule has 0 bridgehead atoms. The lowest BCUT2D eigenvalue weighted by molar-refractivity contribution is 0.669. The first-order chi connectivity index (χ1) is 62.0. The molecule has 0 spiro atoms. The van der Waals surface area contributed by atoms with E-state index < -0.39 is 455 Å². The third-order valence-electron chi connectivity index (χ3n) is 13.8. The van der Waals surface area contributed by atoms with Gasteiger partial charge in [-0.1, -0.05) is 266 Å². The monoisotopic (exact) mass is 1100 g/mol. The van der Waals surface area contributed by atoms with Gasteiger partial charge in [-0.05, 0) is 189 Å². The van der Waals surface area contributed by atoms with E-state index in [-0.39, 0.29) is 21.5 Å². The minimum atomic E-state index is -1.06. The van der Waals surface area contributed by atoms with E-state index in [1.807, 2.05) is 0 Å². The molecule has 1 heteroatoms. The highest BCUT2D eigenvalue weighted by molar-refractivity contribution is 6.28. The standard InChI is InChI=1S/C44H26.C38H24O/c1-2-6-27(7-3-1)34-24-35(37-20-16-32-14-12-28-8-4-10-30-18-22-39(37)43(32)41(28)30)26-36(25-34)38-21-17-33-15-13-29-9-5-11-31-19-23-40(38)44(33)42(29)31;1-2-10-25(11-3-1)26-18-20-27(21-19-26)37-30-13-4-6-15-32(30)38(33-16-7-5-14-31(33)37)28-22-23-36-34(24-28)29-12-8-9-17-35(29)39-36/h1-26H;1-24H/i1D,2D,3D,4D,5D,6D,7D,8D,9D,10D,11D,12D,13D,14D,15D,16D,17D,18D,19D,20D,21D,22D,23D,24D,25D,26D;1D,2D,3D,4D,5D,6D,7D,8D,9D,10D,11D,12D,13D,14D,15D,16D,17D,18D,19D,20D,21D,22D,23D,24D. The van der Waals surface area contributed by atoms with Crippen LogP contribution in [0.3, 0.4) is 0 Å². The Morgan fingerprint density at radius 1 is 0.193 bits per heavy atom. The molecule has 0 amide bonds. The molecule has 0 atom stereocenters. The van der Waals surface area contributed by atoms with E-state index in [1.54, 1.807) is 0 Å². The fraction of sp³-hybridized carbons (Fsp3) is 0. The molecule has 1 heterocycles. The van der Waals surface area contributed by atoms with Crippen LogP contribution in [0.15, 0.2) is 307 Å². The van der Waals surface area contributed by atoms with Gasteiger partial charge in [-0.3, -0.25) is 0 Å². The molecule has 384 valence electrons.